The number of para-hydroxylation sites is 2. The van der Waals surface area contributed by atoms with E-state index in [2.05, 4.69) is 5.32 Å². The van der Waals surface area contributed by atoms with E-state index < -0.39 is 16.1 Å². The van der Waals surface area contributed by atoms with Gasteiger partial charge in [0.05, 0.1) is 28.6 Å². The van der Waals surface area contributed by atoms with Crippen molar-refractivity contribution in [3.63, 3.8) is 0 Å². The maximum Gasteiger partial charge on any atom is 0.242 e. The average Bonchev–Trinajstić information content (AvgIpc) is 2.87. The molecule has 38 heavy (non-hydrogen) atoms. The van der Waals surface area contributed by atoms with Gasteiger partial charge in [-0.25, -0.2) is 8.42 Å². The van der Waals surface area contributed by atoms with Crippen molar-refractivity contribution in [3.05, 3.63) is 58.1 Å². The van der Waals surface area contributed by atoms with Crippen LogP contribution in [0.4, 0.5) is 5.69 Å². The number of amides is 2. The van der Waals surface area contributed by atoms with E-state index >= 15 is 0 Å². The largest absolute Gasteiger partial charge is 0.492 e. The molecule has 210 valence electrons. The molecule has 0 bridgehead atoms. The van der Waals surface area contributed by atoms with Gasteiger partial charge >= 0.3 is 0 Å². The molecule has 8 nitrogen and oxygen atoms in total. The Morgan fingerprint density at radius 1 is 1.05 bits per heavy atom. The summed E-state index contributed by atoms with van der Waals surface area (Å²) in [5, 5.41) is 3.63. The fourth-order valence-electron chi connectivity index (χ4n) is 3.88. The second kappa shape index (κ2) is 15.2. The second-order valence-electron chi connectivity index (χ2n) is 8.93. The topological polar surface area (TPSA) is 96.0 Å². The number of carbonyl (C=O) groups excluding carboxylic acids is 2. The highest BCUT2D eigenvalue weighted by Crippen LogP contribution is 2.30. The summed E-state index contributed by atoms with van der Waals surface area (Å²) in [6.07, 6.45) is 3.18. The number of anilines is 1. The number of carbonyl (C=O) groups is 2. The van der Waals surface area contributed by atoms with Gasteiger partial charge in [-0.1, -0.05) is 54.7 Å². The monoisotopic (exact) mass is 585 g/mol. The summed E-state index contributed by atoms with van der Waals surface area (Å²) >= 11 is 12.2. The maximum absolute atomic E-state index is 13.4. The average molecular weight is 587 g/mol. The summed E-state index contributed by atoms with van der Waals surface area (Å²) in [6, 6.07) is 11.2. The number of sulfonamides is 1. The SMILES string of the molecule is CCCCNC(=O)[C@H](C)N(Cc1ccc(Cl)c(Cl)c1)C(=O)CCCN(c1ccccc1OCC)S(C)(=O)=O. The first-order chi connectivity index (χ1) is 18.0. The standard InChI is InChI=1S/C27H37Cl2N3O5S/c1-5-7-16-30-27(34)20(3)31(19-21-14-15-22(28)23(29)18-21)26(33)13-10-17-32(38(4,35)36)24-11-8-9-12-25(24)37-6-2/h8-9,11-12,14-15,18,20H,5-7,10,13,16-17,19H2,1-4H3,(H,30,34)/t20-/m0/s1. The number of benzene rings is 2. The van der Waals surface area contributed by atoms with Crippen LogP contribution in [0.5, 0.6) is 5.75 Å². The van der Waals surface area contributed by atoms with Crippen molar-refractivity contribution >= 4 is 50.7 Å². The van der Waals surface area contributed by atoms with E-state index in [1.807, 2.05) is 13.8 Å². The summed E-state index contributed by atoms with van der Waals surface area (Å²) < 4.78 is 32.1. The van der Waals surface area contributed by atoms with Crippen LogP contribution in [0, 0.1) is 0 Å². The Bertz CT molecular complexity index is 1190. The van der Waals surface area contributed by atoms with Gasteiger partial charge in [-0.15, -0.1) is 0 Å². The molecular formula is C27H37Cl2N3O5S. The number of halogens is 2. The lowest BCUT2D eigenvalue weighted by Crippen LogP contribution is -2.48. The molecule has 0 unspecified atom stereocenters. The zero-order valence-corrected chi connectivity index (χ0v) is 24.7. The number of ether oxygens (including phenoxy) is 1. The molecule has 0 radical (unpaired) electrons. The van der Waals surface area contributed by atoms with Crippen molar-refractivity contribution in [2.24, 2.45) is 0 Å². The van der Waals surface area contributed by atoms with Gasteiger partial charge in [0, 0.05) is 26.1 Å². The number of nitrogens with zero attached hydrogens (tertiary/aromatic N) is 2. The molecule has 0 spiro atoms. The summed E-state index contributed by atoms with van der Waals surface area (Å²) in [7, 11) is -3.64. The molecule has 0 saturated carbocycles. The second-order valence-corrected chi connectivity index (χ2v) is 11.7. The number of rotatable bonds is 15. The van der Waals surface area contributed by atoms with Crippen molar-refractivity contribution in [1.29, 1.82) is 0 Å². The Kier molecular flexibility index (Phi) is 12.7. The van der Waals surface area contributed by atoms with E-state index in [4.69, 9.17) is 27.9 Å². The van der Waals surface area contributed by atoms with E-state index in [9.17, 15) is 18.0 Å². The highest BCUT2D eigenvalue weighted by molar-refractivity contribution is 7.92. The molecule has 1 atom stereocenters. The molecule has 11 heteroatoms. The normalized spacial score (nSPS) is 12.1. The summed E-state index contributed by atoms with van der Waals surface area (Å²) in [4.78, 5) is 27.7. The minimum atomic E-state index is -3.64. The van der Waals surface area contributed by atoms with Crippen LogP contribution < -0.4 is 14.4 Å². The molecule has 1 N–H and O–H groups in total. The first kappa shape index (κ1) is 31.7. The smallest absolute Gasteiger partial charge is 0.242 e. The quantitative estimate of drug-likeness (QED) is 0.287. The van der Waals surface area contributed by atoms with E-state index in [0.29, 0.717) is 34.6 Å². The van der Waals surface area contributed by atoms with Crippen molar-refractivity contribution in [3.8, 4) is 5.75 Å². The molecule has 0 heterocycles. The minimum absolute atomic E-state index is 0.0384. The van der Waals surface area contributed by atoms with Gasteiger partial charge in [0.1, 0.15) is 11.8 Å². The summed E-state index contributed by atoms with van der Waals surface area (Å²) in [5.74, 6) is -0.0820. The van der Waals surface area contributed by atoms with Crippen LogP contribution in [0.1, 0.15) is 52.0 Å². The molecule has 2 rings (SSSR count). The molecule has 0 saturated heterocycles. The van der Waals surface area contributed by atoms with Crippen LogP contribution >= 0.6 is 23.2 Å². The van der Waals surface area contributed by atoms with Gasteiger partial charge < -0.3 is 15.0 Å². The molecule has 2 aromatic carbocycles. The molecule has 0 fully saturated rings. The lowest BCUT2D eigenvalue weighted by Gasteiger charge is -2.29. The van der Waals surface area contributed by atoms with Crippen LogP contribution in [0.2, 0.25) is 10.0 Å². The molecule has 0 aliphatic carbocycles. The predicted molar refractivity (Wildman–Crippen MR) is 153 cm³/mol. The third-order valence-electron chi connectivity index (χ3n) is 5.92. The van der Waals surface area contributed by atoms with E-state index in [0.717, 1.165) is 24.7 Å². The molecule has 0 aliphatic heterocycles. The maximum atomic E-state index is 13.4. The van der Waals surface area contributed by atoms with Crippen LogP contribution in [0.3, 0.4) is 0 Å². The van der Waals surface area contributed by atoms with Crippen LogP contribution in [-0.2, 0) is 26.2 Å². The highest BCUT2D eigenvalue weighted by Gasteiger charge is 2.27. The third-order valence-corrected chi connectivity index (χ3v) is 7.84. The Hall–Kier alpha value is -2.49. The Labute approximate surface area is 236 Å². The zero-order chi connectivity index (χ0) is 28.3. The Morgan fingerprint density at radius 2 is 1.76 bits per heavy atom. The Morgan fingerprint density at radius 3 is 2.39 bits per heavy atom. The number of unbranched alkanes of at least 4 members (excludes halogenated alkanes) is 1. The fraction of sp³-hybridized carbons (Fsp3) is 0.481. The van der Waals surface area contributed by atoms with Gasteiger partial charge in [-0.05, 0) is 56.5 Å². The molecule has 0 aliphatic rings. The fourth-order valence-corrected chi connectivity index (χ4v) is 5.17. The van der Waals surface area contributed by atoms with Crippen molar-refractivity contribution in [2.75, 3.05) is 30.3 Å². The van der Waals surface area contributed by atoms with E-state index in [-0.39, 0.29) is 37.7 Å². The highest BCUT2D eigenvalue weighted by atomic mass is 35.5. The lowest BCUT2D eigenvalue weighted by molar-refractivity contribution is -0.140. The van der Waals surface area contributed by atoms with Crippen LogP contribution in [0.25, 0.3) is 0 Å². The third kappa shape index (κ3) is 9.36. The van der Waals surface area contributed by atoms with Crippen molar-refractivity contribution in [1.82, 2.24) is 10.2 Å². The predicted octanol–water partition coefficient (Wildman–Crippen LogP) is 5.27. The molecular weight excluding hydrogens is 549 g/mol. The molecule has 2 amide bonds. The van der Waals surface area contributed by atoms with Gasteiger partial charge in [0.15, 0.2) is 0 Å². The van der Waals surface area contributed by atoms with Gasteiger partial charge in [0.2, 0.25) is 21.8 Å². The Balaban J connectivity index is 2.21. The number of hydrogen-bond acceptors (Lipinski definition) is 5. The first-order valence-corrected chi connectivity index (χ1v) is 15.3. The van der Waals surface area contributed by atoms with E-state index in [1.165, 1.54) is 9.21 Å². The molecule has 0 aromatic heterocycles. The number of nitrogens with one attached hydrogen (secondary N) is 1. The summed E-state index contributed by atoms with van der Waals surface area (Å²) in [5.41, 5.74) is 1.14. The van der Waals surface area contributed by atoms with Crippen molar-refractivity contribution in [2.45, 2.75) is 59.0 Å². The van der Waals surface area contributed by atoms with Crippen molar-refractivity contribution < 1.29 is 22.7 Å². The van der Waals surface area contributed by atoms with E-state index in [1.54, 1.807) is 49.4 Å². The number of hydrogen-bond donors (Lipinski definition) is 1. The van der Waals surface area contributed by atoms with Gasteiger partial charge in [0.25, 0.3) is 0 Å². The van der Waals surface area contributed by atoms with Crippen LogP contribution in [0.15, 0.2) is 42.5 Å². The van der Waals surface area contributed by atoms with Gasteiger partial charge in [-0.2, -0.15) is 0 Å². The molecule has 2 aromatic rings. The lowest BCUT2D eigenvalue weighted by atomic mass is 10.1. The van der Waals surface area contributed by atoms with Crippen LogP contribution in [-0.4, -0.2) is 57.1 Å². The first-order valence-electron chi connectivity index (χ1n) is 12.7. The zero-order valence-electron chi connectivity index (χ0n) is 22.4. The summed E-state index contributed by atoms with van der Waals surface area (Å²) in [6.45, 7) is 6.67. The van der Waals surface area contributed by atoms with Gasteiger partial charge in [-0.3, -0.25) is 13.9 Å². The minimum Gasteiger partial charge on any atom is -0.492 e.